The summed E-state index contributed by atoms with van der Waals surface area (Å²) in [6, 6.07) is 9.59. The number of carbonyl (C=O) groups is 1. The Kier molecular flexibility index (Phi) is 5.05. The molecular weight excluding hydrogens is 329 g/mol. The number of nitrogens with one attached hydrogen (secondary N) is 1. The minimum Gasteiger partial charge on any atom is -0.355 e. The van der Waals surface area contributed by atoms with E-state index in [1.165, 1.54) is 23.9 Å². The Morgan fingerprint density at radius 3 is 2.75 bits per heavy atom. The number of hydrogen-bond acceptors (Lipinski definition) is 5. The first-order valence-electron chi connectivity index (χ1n) is 7.55. The molecule has 1 N–H and O–H groups in total. The van der Waals surface area contributed by atoms with Gasteiger partial charge in [-0.25, -0.2) is 4.39 Å². The molecule has 3 rings (SSSR count). The molecule has 0 atom stereocenters. The summed E-state index contributed by atoms with van der Waals surface area (Å²) in [4.78, 5) is 11.7. The molecule has 0 aliphatic carbocycles. The Morgan fingerprint density at radius 1 is 1.21 bits per heavy atom. The molecule has 0 saturated carbocycles. The van der Waals surface area contributed by atoms with Crippen molar-refractivity contribution >= 4 is 23.3 Å². The number of benzene rings is 1. The largest absolute Gasteiger partial charge is 0.355 e. The molecule has 3 aromatic rings. The van der Waals surface area contributed by atoms with E-state index in [-0.39, 0.29) is 11.7 Å². The first-order valence-corrected chi connectivity index (χ1v) is 8.54. The predicted molar refractivity (Wildman–Crippen MR) is 90.2 cm³/mol. The molecule has 0 bridgehead atoms. The highest BCUT2D eigenvalue weighted by molar-refractivity contribution is 7.99. The lowest BCUT2D eigenvalue weighted by atomic mass is 10.2. The van der Waals surface area contributed by atoms with Gasteiger partial charge in [0, 0.05) is 12.1 Å². The zero-order chi connectivity index (χ0) is 16.9. The third-order valence-corrected chi connectivity index (χ3v) is 4.18. The van der Waals surface area contributed by atoms with Crippen molar-refractivity contribution in [1.29, 1.82) is 0 Å². The van der Waals surface area contributed by atoms with Gasteiger partial charge in [-0.15, -0.1) is 10.2 Å². The normalized spacial score (nSPS) is 10.9. The highest BCUT2D eigenvalue weighted by Gasteiger charge is 2.11. The van der Waals surface area contributed by atoms with Gasteiger partial charge >= 0.3 is 0 Å². The molecule has 0 aliphatic heterocycles. The number of fused-ring (bicyclic) bond motifs is 1. The van der Waals surface area contributed by atoms with Crippen molar-refractivity contribution in [2.24, 2.45) is 0 Å². The van der Waals surface area contributed by atoms with Crippen LogP contribution in [0.3, 0.4) is 0 Å². The molecule has 0 aliphatic rings. The van der Waals surface area contributed by atoms with Gasteiger partial charge in [0.05, 0.1) is 5.75 Å². The lowest BCUT2D eigenvalue weighted by Gasteiger charge is -2.04. The van der Waals surface area contributed by atoms with E-state index in [4.69, 9.17) is 0 Å². The van der Waals surface area contributed by atoms with Crippen molar-refractivity contribution in [3.8, 4) is 11.4 Å². The average molecular weight is 345 g/mol. The van der Waals surface area contributed by atoms with Crippen LogP contribution in [-0.2, 0) is 4.79 Å². The summed E-state index contributed by atoms with van der Waals surface area (Å²) in [5.74, 6) is 0.496. The monoisotopic (exact) mass is 345 g/mol. The van der Waals surface area contributed by atoms with Crippen molar-refractivity contribution < 1.29 is 9.18 Å². The van der Waals surface area contributed by atoms with E-state index < -0.39 is 0 Å². The van der Waals surface area contributed by atoms with Crippen LogP contribution in [0.25, 0.3) is 17.0 Å². The van der Waals surface area contributed by atoms with Crippen LogP contribution in [0.4, 0.5) is 4.39 Å². The van der Waals surface area contributed by atoms with Gasteiger partial charge in [-0.3, -0.25) is 4.79 Å². The molecule has 0 radical (unpaired) electrons. The Morgan fingerprint density at radius 2 is 2.00 bits per heavy atom. The molecule has 6 nitrogen and oxygen atoms in total. The molecule has 0 unspecified atom stereocenters. The van der Waals surface area contributed by atoms with Crippen LogP contribution in [0.2, 0.25) is 0 Å². The van der Waals surface area contributed by atoms with Crippen LogP contribution < -0.4 is 5.32 Å². The van der Waals surface area contributed by atoms with E-state index in [0.29, 0.717) is 28.8 Å². The molecule has 0 saturated heterocycles. The van der Waals surface area contributed by atoms with E-state index in [2.05, 4.69) is 20.6 Å². The van der Waals surface area contributed by atoms with Crippen molar-refractivity contribution in [1.82, 2.24) is 25.1 Å². The highest BCUT2D eigenvalue weighted by atomic mass is 32.2. The van der Waals surface area contributed by atoms with E-state index in [1.807, 2.05) is 6.92 Å². The van der Waals surface area contributed by atoms with Crippen molar-refractivity contribution in [2.45, 2.75) is 18.4 Å². The number of aromatic nitrogens is 4. The Bertz CT molecular complexity index is 849. The maximum Gasteiger partial charge on any atom is 0.230 e. The average Bonchev–Trinajstić information content (AvgIpc) is 3.02. The molecule has 24 heavy (non-hydrogen) atoms. The van der Waals surface area contributed by atoms with Crippen LogP contribution in [0.1, 0.15) is 13.3 Å². The summed E-state index contributed by atoms with van der Waals surface area (Å²) in [7, 11) is 0. The van der Waals surface area contributed by atoms with Gasteiger partial charge in [0.1, 0.15) is 10.8 Å². The zero-order valence-electron chi connectivity index (χ0n) is 13.1. The van der Waals surface area contributed by atoms with Crippen LogP contribution in [0, 0.1) is 5.82 Å². The van der Waals surface area contributed by atoms with Gasteiger partial charge in [-0.1, -0.05) is 18.7 Å². The van der Waals surface area contributed by atoms with E-state index in [9.17, 15) is 9.18 Å². The van der Waals surface area contributed by atoms with Crippen molar-refractivity contribution in [3.05, 3.63) is 42.2 Å². The van der Waals surface area contributed by atoms with Crippen LogP contribution in [-0.4, -0.2) is 38.0 Å². The fourth-order valence-corrected chi connectivity index (χ4v) is 2.77. The minimum atomic E-state index is -0.310. The zero-order valence-corrected chi connectivity index (χ0v) is 13.9. The third-order valence-electron chi connectivity index (χ3n) is 3.26. The summed E-state index contributed by atoms with van der Waals surface area (Å²) in [5.41, 5.74) is 1.31. The molecular formula is C16H16FN5OS. The van der Waals surface area contributed by atoms with Crippen molar-refractivity contribution in [3.63, 3.8) is 0 Å². The lowest BCUT2D eigenvalue weighted by molar-refractivity contribution is -0.118. The fraction of sp³-hybridized carbons (Fsp3) is 0.250. The summed E-state index contributed by atoms with van der Waals surface area (Å²) in [5, 5.41) is 16.2. The number of hydrogen-bond donors (Lipinski definition) is 1. The summed E-state index contributed by atoms with van der Waals surface area (Å²) < 4.78 is 14.7. The Labute approximate surface area is 142 Å². The van der Waals surface area contributed by atoms with E-state index >= 15 is 0 Å². The second kappa shape index (κ2) is 7.39. The van der Waals surface area contributed by atoms with Gasteiger partial charge in [0.15, 0.2) is 11.5 Å². The first kappa shape index (κ1) is 16.4. The standard InChI is InChI=1S/C16H16FN5OS/c1-2-9-18-14(23)10-24-15-8-7-13-19-20-16(22(13)21-15)11-3-5-12(17)6-4-11/h3-8H,2,9-10H2,1H3,(H,18,23). The SMILES string of the molecule is CCCNC(=O)CSc1ccc2nnc(-c3ccc(F)cc3)n2n1. The smallest absolute Gasteiger partial charge is 0.230 e. The number of rotatable bonds is 6. The van der Waals surface area contributed by atoms with Gasteiger partial charge in [0.2, 0.25) is 5.91 Å². The van der Waals surface area contributed by atoms with Crippen LogP contribution in [0.5, 0.6) is 0 Å². The van der Waals surface area contributed by atoms with Crippen LogP contribution >= 0.6 is 11.8 Å². The summed E-state index contributed by atoms with van der Waals surface area (Å²) in [6.07, 6.45) is 0.905. The number of thioether (sulfide) groups is 1. The second-order valence-electron chi connectivity index (χ2n) is 5.11. The van der Waals surface area contributed by atoms with E-state index in [1.54, 1.807) is 28.8 Å². The van der Waals surface area contributed by atoms with Gasteiger partial charge in [-0.2, -0.15) is 9.61 Å². The predicted octanol–water partition coefficient (Wildman–Crippen LogP) is 2.55. The Hall–Kier alpha value is -2.48. The molecule has 2 heterocycles. The molecule has 8 heteroatoms. The molecule has 124 valence electrons. The summed E-state index contributed by atoms with van der Waals surface area (Å²) >= 11 is 1.34. The molecule has 2 aromatic heterocycles. The fourth-order valence-electron chi connectivity index (χ4n) is 2.08. The second-order valence-corrected chi connectivity index (χ2v) is 6.11. The molecule has 0 fully saturated rings. The number of halogens is 1. The number of nitrogens with zero attached hydrogens (tertiary/aromatic N) is 4. The topological polar surface area (TPSA) is 72.2 Å². The third kappa shape index (κ3) is 3.70. The van der Waals surface area contributed by atoms with E-state index in [0.717, 1.165) is 12.0 Å². The lowest BCUT2D eigenvalue weighted by Crippen LogP contribution is -2.25. The quantitative estimate of drug-likeness (QED) is 0.695. The number of carbonyl (C=O) groups excluding carboxylic acids is 1. The first-order chi connectivity index (χ1) is 11.7. The van der Waals surface area contributed by atoms with Gasteiger partial charge in [-0.05, 0) is 42.8 Å². The summed E-state index contributed by atoms with van der Waals surface area (Å²) in [6.45, 7) is 2.68. The molecule has 0 spiro atoms. The van der Waals surface area contributed by atoms with Crippen LogP contribution in [0.15, 0.2) is 41.4 Å². The maximum absolute atomic E-state index is 13.1. The van der Waals surface area contributed by atoms with Crippen molar-refractivity contribution in [2.75, 3.05) is 12.3 Å². The maximum atomic E-state index is 13.1. The molecule has 1 amide bonds. The Balaban J connectivity index is 1.81. The minimum absolute atomic E-state index is 0.0220. The van der Waals surface area contributed by atoms with Gasteiger partial charge in [0.25, 0.3) is 0 Å². The van der Waals surface area contributed by atoms with Gasteiger partial charge < -0.3 is 5.32 Å². The highest BCUT2D eigenvalue weighted by Crippen LogP contribution is 2.20. The molecule has 1 aromatic carbocycles. The number of amides is 1.